The fourth-order valence-corrected chi connectivity index (χ4v) is 5.43. The van der Waals surface area contributed by atoms with E-state index in [-0.39, 0.29) is 13.2 Å². The summed E-state index contributed by atoms with van der Waals surface area (Å²) in [4.78, 5) is 49.6. The first-order chi connectivity index (χ1) is 22.8. The second kappa shape index (κ2) is 18.5. The molecular formula is C31H47N3O14. The fourth-order valence-electron chi connectivity index (χ4n) is 5.43. The van der Waals surface area contributed by atoms with Gasteiger partial charge in [-0.2, -0.15) is 0 Å². The summed E-state index contributed by atoms with van der Waals surface area (Å²) in [6, 6.07) is 5.81. The quantitative estimate of drug-likeness (QED) is 0.108. The average molecular weight is 686 g/mol. The molecule has 0 unspecified atom stereocenters. The van der Waals surface area contributed by atoms with Crippen LogP contribution in [0, 0.1) is 0 Å². The molecule has 12 atom stereocenters. The van der Waals surface area contributed by atoms with Gasteiger partial charge >= 0.3 is 5.97 Å². The van der Waals surface area contributed by atoms with Gasteiger partial charge in [0.1, 0.15) is 60.9 Å². The summed E-state index contributed by atoms with van der Waals surface area (Å²) >= 11 is 0. The summed E-state index contributed by atoms with van der Waals surface area (Å²) < 4.78 is 40.9. The first kappa shape index (κ1) is 39.2. The van der Waals surface area contributed by atoms with Gasteiger partial charge in [0, 0.05) is 21.0 Å². The van der Waals surface area contributed by atoms with Crippen LogP contribution in [-0.2, 0) is 58.9 Å². The van der Waals surface area contributed by atoms with Crippen LogP contribution in [0.3, 0.4) is 0 Å². The van der Waals surface area contributed by atoms with Gasteiger partial charge in [-0.15, -0.1) is 0 Å². The van der Waals surface area contributed by atoms with Crippen LogP contribution >= 0.6 is 0 Å². The Labute approximate surface area is 278 Å². The third kappa shape index (κ3) is 10.4. The summed E-state index contributed by atoms with van der Waals surface area (Å²) in [5, 5.41) is 39.0. The molecular weight excluding hydrogens is 638 g/mol. The molecule has 17 nitrogen and oxygen atoms in total. The summed E-state index contributed by atoms with van der Waals surface area (Å²) in [6.07, 6.45) is -12.0. The maximum absolute atomic E-state index is 13.1. The summed E-state index contributed by atoms with van der Waals surface area (Å²) in [6.45, 7) is 4.61. The maximum atomic E-state index is 13.1. The molecule has 2 aliphatic rings. The van der Waals surface area contributed by atoms with Gasteiger partial charge < -0.3 is 64.4 Å². The van der Waals surface area contributed by atoms with Crippen molar-refractivity contribution >= 4 is 23.7 Å². The molecule has 0 bridgehead atoms. The van der Waals surface area contributed by atoms with Crippen LogP contribution in [-0.4, -0.2) is 140 Å². The van der Waals surface area contributed by atoms with Crippen molar-refractivity contribution in [3.8, 4) is 0 Å². The lowest BCUT2D eigenvalue weighted by Gasteiger charge is -2.49. The first-order valence-electron chi connectivity index (χ1n) is 15.5. The Morgan fingerprint density at radius 2 is 1.50 bits per heavy atom. The number of hydrogen-bond acceptors (Lipinski definition) is 14. The van der Waals surface area contributed by atoms with Crippen molar-refractivity contribution in [2.75, 3.05) is 27.4 Å². The molecule has 6 N–H and O–H groups in total. The van der Waals surface area contributed by atoms with Crippen LogP contribution in [0.25, 0.3) is 0 Å². The van der Waals surface area contributed by atoms with Crippen LogP contribution in [0.1, 0.15) is 33.3 Å². The van der Waals surface area contributed by atoms with E-state index in [1.807, 2.05) is 30.3 Å². The molecule has 270 valence electrons. The van der Waals surface area contributed by atoms with Gasteiger partial charge in [-0.3, -0.25) is 14.4 Å². The number of ether oxygens (including phenoxy) is 7. The average Bonchev–Trinajstić information content (AvgIpc) is 3.05. The monoisotopic (exact) mass is 685 g/mol. The number of carbonyl (C=O) groups excluding carboxylic acids is 4. The Hall–Kier alpha value is -3.26. The van der Waals surface area contributed by atoms with E-state index >= 15 is 0 Å². The molecule has 1 aromatic rings. The zero-order valence-electron chi connectivity index (χ0n) is 27.8. The predicted octanol–water partition coefficient (Wildman–Crippen LogP) is -2.14. The molecule has 0 radical (unpaired) electrons. The maximum Gasteiger partial charge on any atom is 0.328 e. The molecule has 0 saturated carbocycles. The topological polar surface area (TPSA) is 230 Å². The van der Waals surface area contributed by atoms with Crippen LogP contribution in [0.5, 0.6) is 0 Å². The van der Waals surface area contributed by atoms with Crippen LogP contribution in [0.2, 0.25) is 0 Å². The molecule has 2 saturated heterocycles. The molecule has 1 aromatic carbocycles. The van der Waals surface area contributed by atoms with Crippen LogP contribution < -0.4 is 16.0 Å². The van der Waals surface area contributed by atoms with Crippen molar-refractivity contribution in [2.24, 2.45) is 0 Å². The molecule has 17 heteroatoms. The van der Waals surface area contributed by atoms with E-state index in [4.69, 9.17) is 28.4 Å². The number of benzene rings is 1. The molecule has 3 amide bonds. The van der Waals surface area contributed by atoms with Crippen molar-refractivity contribution in [2.45, 2.75) is 108 Å². The molecule has 0 aromatic heterocycles. The lowest BCUT2D eigenvalue weighted by atomic mass is 9.94. The zero-order valence-corrected chi connectivity index (χ0v) is 27.8. The highest BCUT2D eigenvalue weighted by Crippen LogP contribution is 2.32. The molecule has 48 heavy (non-hydrogen) atoms. The first-order valence-corrected chi connectivity index (χ1v) is 15.5. The highest BCUT2D eigenvalue weighted by molar-refractivity contribution is 5.86. The van der Waals surface area contributed by atoms with Crippen molar-refractivity contribution < 1.29 is 67.7 Å². The summed E-state index contributed by atoms with van der Waals surface area (Å²) in [5.41, 5.74) is 0.854. The van der Waals surface area contributed by atoms with E-state index in [0.717, 1.165) is 5.56 Å². The summed E-state index contributed by atoms with van der Waals surface area (Å²) in [7, 11) is 2.52. The normalized spacial score (nSPS) is 31.6. The Balaban J connectivity index is 2.02. The Bertz CT molecular complexity index is 1210. The van der Waals surface area contributed by atoms with Gasteiger partial charge in [-0.25, -0.2) is 4.79 Å². The summed E-state index contributed by atoms with van der Waals surface area (Å²) in [5.74, 6) is -2.47. The van der Waals surface area contributed by atoms with Crippen molar-refractivity contribution in [3.05, 3.63) is 35.9 Å². The van der Waals surface area contributed by atoms with E-state index in [2.05, 4.69) is 20.7 Å². The number of nitrogens with one attached hydrogen (secondary N) is 3. The lowest BCUT2D eigenvalue weighted by molar-refractivity contribution is -0.336. The van der Waals surface area contributed by atoms with Gasteiger partial charge in [-0.05, 0) is 19.4 Å². The van der Waals surface area contributed by atoms with E-state index in [0.29, 0.717) is 0 Å². The molecule has 2 aliphatic heterocycles. The van der Waals surface area contributed by atoms with E-state index < -0.39 is 104 Å². The van der Waals surface area contributed by atoms with E-state index in [1.165, 1.54) is 41.9 Å². The predicted molar refractivity (Wildman–Crippen MR) is 164 cm³/mol. The number of rotatable bonds is 15. The third-order valence-electron chi connectivity index (χ3n) is 7.83. The van der Waals surface area contributed by atoms with Gasteiger partial charge in [0.25, 0.3) is 0 Å². The van der Waals surface area contributed by atoms with E-state index in [1.54, 1.807) is 0 Å². The molecule has 2 heterocycles. The second-order valence-corrected chi connectivity index (χ2v) is 11.5. The van der Waals surface area contributed by atoms with Gasteiger partial charge in [0.05, 0.1) is 26.9 Å². The number of aliphatic hydroxyl groups excluding tert-OH is 3. The number of hydrogen-bond donors (Lipinski definition) is 6. The Morgan fingerprint density at radius 3 is 2.08 bits per heavy atom. The number of esters is 1. The van der Waals surface area contributed by atoms with Crippen molar-refractivity contribution in [1.82, 2.24) is 16.0 Å². The minimum atomic E-state index is -1.64. The largest absolute Gasteiger partial charge is 0.467 e. The minimum absolute atomic E-state index is 0.141. The lowest BCUT2D eigenvalue weighted by Crippen LogP contribution is -2.70. The van der Waals surface area contributed by atoms with Gasteiger partial charge in [0.2, 0.25) is 17.7 Å². The molecule has 0 spiro atoms. The van der Waals surface area contributed by atoms with Gasteiger partial charge in [-0.1, -0.05) is 30.3 Å². The number of aliphatic hydroxyl groups is 3. The SMILES string of the molecule is COC(=O)[C@H](C)NC(=O)[C@@H](C)O[C@@H]1[C@@H](NC(C)=O)[C@H](OC)O[C@H](COCc2ccccc2)[C@H]1O[C@@H]1O[C@H](CO)[C@@H](O)[C@H](O)[C@H]1NC(C)=O. The standard InChI is InChI=1S/C31H47N3O14/c1-15(29(41)42-5)32-28(40)16(2)45-27-23(34-18(4)37)30(43-6)47-21(14-44-13-19-10-8-7-9-11-19)26(27)48-31-22(33-17(3)36)25(39)24(38)20(12-35)46-31/h7-11,15-16,20-27,30-31,35,38-39H,12-14H2,1-6H3,(H,32,40)(H,33,36)(H,34,37)/t15-,16+,20+,21+,22+,23+,24+,25+,26+,27+,30+,31-/m0/s1. The second-order valence-electron chi connectivity index (χ2n) is 11.5. The number of methoxy groups -OCH3 is 2. The number of carbonyl (C=O) groups is 4. The third-order valence-corrected chi connectivity index (χ3v) is 7.83. The molecule has 0 aliphatic carbocycles. The highest BCUT2D eigenvalue weighted by Gasteiger charge is 2.53. The zero-order chi connectivity index (χ0) is 35.5. The minimum Gasteiger partial charge on any atom is -0.467 e. The van der Waals surface area contributed by atoms with Crippen LogP contribution in [0.15, 0.2) is 30.3 Å². The molecule has 3 rings (SSSR count). The van der Waals surface area contributed by atoms with Crippen molar-refractivity contribution in [3.63, 3.8) is 0 Å². The smallest absolute Gasteiger partial charge is 0.328 e. The highest BCUT2D eigenvalue weighted by atomic mass is 16.7. The van der Waals surface area contributed by atoms with Crippen LogP contribution in [0.4, 0.5) is 0 Å². The fraction of sp³-hybridized carbons (Fsp3) is 0.677. The number of amides is 3. The Kier molecular flexibility index (Phi) is 15.1. The molecule has 2 fully saturated rings. The van der Waals surface area contributed by atoms with Crippen molar-refractivity contribution in [1.29, 1.82) is 0 Å². The van der Waals surface area contributed by atoms with E-state index in [9.17, 15) is 34.5 Å². The Morgan fingerprint density at radius 1 is 0.875 bits per heavy atom. The van der Waals surface area contributed by atoms with Gasteiger partial charge in [0.15, 0.2) is 12.6 Å².